The average molecular weight is 175 g/mol. The maximum atomic E-state index is 3.45. The van der Waals surface area contributed by atoms with E-state index in [4.69, 9.17) is 0 Å². The van der Waals surface area contributed by atoms with Crippen molar-refractivity contribution in [2.24, 2.45) is 0 Å². The summed E-state index contributed by atoms with van der Waals surface area (Å²) in [5.74, 6) is 0.745. The molecule has 0 bridgehead atoms. The van der Waals surface area contributed by atoms with E-state index in [1.54, 1.807) is 0 Å². The minimum atomic E-state index is 0.745. The zero-order chi connectivity index (χ0) is 9.10. The fraction of sp³-hybridized carbons (Fsp3) is 0.500. The summed E-state index contributed by atoms with van der Waals surface area (Å²) in [6.07, 6.45) is 2.66. The van der Waals surface area contributed by atoms with Crippen LogP contribution in [-0.4, -0.2) is 13.1 Å². The van der Waals surface area contributed by atoms with Gasteiger partial charge in [-0.2, -0.15) is 0 Å². The van der Waals surface area contributed by atoms with Gasteiger partial charge in [0.15, 0.2) is 0 Å². The molecule has 1 aliphatic rings. The number of aryl methyl sites for hydroxylation is 1. The summed E-state index contributed by atoms with van der Waals surface area (Å²) in [4.78, 5) is 0. The van der Waals surface area contributed by atoms with Crippen molar-refractivity contribution in [3.05, 3.63) is 35.4 Å². The second kappa shape index (κ2) is 3.93. The Balaban J connectivity index is 2.10. The first-order chi connectivity index (χ1) is 6.36. The number of hydrogen-bond acceptors (Lipinski definition) is 1. The highest BCUT2D eigenvalue weighted by molar-refractivity contribution is 5.25. The number of rotatable bonds is 1. The van der Waals surface area contributed by atoms with Crippen LogP contribution in [0, 0.1) is 6.92 Å². The fourth-order valence-electron chi connectivity index (χ4n) is 1.97. The van der Waals surface area contributed by atoms with Gasteiger partial charge < -0.3 is 5.32 Å². The largest absolute Gasteiger partial charge is 0.316 e. The molecule has 0 spiro atoms. The third-order valence-corrected chi connectivity index (χ3v) is 2.85. The van der Waals surface area contributed by atoms with E-state index in [0.717, 1.165) is 12.5 Å². The van der Waals surface area contributed by atoms with Gasteiger partial charge >= 0.3 is 0 Å². The van der Waals surface area contributed by atoms with Gasteiger partial charge in [-0.05, 0) is 37.8 Å². The van der Waals surface area contributed by atoms with Gasteiger partial charge in [0.2, 0.25) is 0 Å². The molecule has 1 aliphatic heterocycles. The van der Waals surface area contributed by atoms with E-state index in [1.807, 2.05) is 0 Å². The van der Waals surface area contributed by atoms with E-state index in [2.05, 4.69) is 36.5 Å². The third kappa shape index (κ3) is 2.10. The molecule has 1 nitrogen and oxygen atoms in total. The maximum Gasteiger partial charge on any atom is 0.00201 e. The van der Waals surface area contributed by atoms with Crippen LogP contribution in [0.2, 0.25) is 0 Å². The van der Waals surface area contributed by atoms with Crippen molar-refractivity contribution < 1.29 is 0 Å². The van der Waals surface area contributed by atoms with Gasteiger partial charge in [0.05, 0.1) is 0 Å². The summed E-state index contributed by atoms with van der Waals surface area (Å²) in [6, 6.07) is 8.97. The smallest absolute Gasteiger partial charge is 0.00201 e. The SMILES string of the molecule is Cc1ccc(C2CCCNC2)cc1. The molecule has 70 valence electrons. The average Bonchev–Trinajstić information content (AvgIpc) is 2.20. The van der Waals surface area contributed by atoms with Crippen molar-refractivity contribution in [3.63, 3.8) is 0 Å². The highest BCUT2D eigenvalue weighted by Crippen LogP contribution is 2.22. The Labute approximate surface area is 80.2 Å². The van der Waals surface area contributed by atoms with Crippen LogP contribution in [0.4, 0.5) is 0 Å². The van der Waals surface area contributed by atoms with Crippen LogP contribution < -0.4 is 5.32 Å². The van der Waals surface area contributed by atoms with Crippen molar-refractivity contribution in [1.82, 2.24) is 5.32 Å². The molecule has 1 heteroatoms. The molecule has 0 aliphatic carbocycles. The van der Waals surface area contributed by atoms with E-state index >= 15 is 0 Å². The second-order valence-electron chi connectivity index (χ2n) is 3.95. The molecule has 0 radical (unpaired) electrons. The molecule has 0 saturated carbocycles. The number of piperidine rings is 1. The van der Waals surface area contributed by atoms with Gasteiger partial charge in [-0.25, -0.2) is 0 Å². The normalized spacial score (nSPS) is 23.0. The van der Waals surface area contributed by atoms with Crippen molar-refractivity contribution in [2.45, 2.75) is 25.7 Å². The zero-order valence-corrected chi connectivity index (χ0v) is 8.22. The van der Waals surface area contributed by atoms with E-state index in [1.165, 1.54) is 30.5 Å². The molecule has 2 rings (SSSR count). The molecule has 0 aromatic heterocycles. The number of benzene rings is 1. The predicted molar refractivity (Wildman–Crippen MR) is 56.0 cm³/mol. The molecule has 1 unspecified atom stereocenters. The lowest BCUT2D eigenvalue weighted by atomic mass is 9.91. The molecule has 1 heterocycles. The first-order valence-corrected chi connectivity index (χ1v) is 5.13. The minimum absolute atomic E-state index is 0.745. The highest BCUT2D eigenvalue weighted by atomic mass is 14.9. The van der Waals surface area contributed by atoms with Crippen LogP contribution in [0.3, 0.4) is 0 Å². The van der Waals surface area contributed by atoms with Crippen LogP contribution in [0.5, 0.6) is 0 Å². The molecule has 13 heavy (non-hydrogen) atoms. The standard InChI is InChI=1S/C12H17N/c1-10-4-6-11(7-5-10)12-3-2-8-13-9-12/h4-7,12-13H,2-3,8-9H2,1H3. The van der Waals surface area contributed by atoms with Crippen molar-refractivity contribution in [1.29, 1.82) is 0 Å². The van der Waals surface area contributed by atoms with Gasteiger partial charge in [-0.15, -0.1) is 0 Å². The van der Waals surface area contributed by atoms with Gasteiger partial charge in [0.1, 0.15) is 0 Å². The number of nitrogens with one attached hydrogen (secondary N) is 1. The summed E-state index contributed by atoms with van der Waals surface area (Å²) in [5.41, 5.74) is 2.85. The summed E-state index contributed by atoms with van der Waals surface area (Å²) < 4.78 is 0. The molecule has 1 N–H and O–H groups in total. The Kier molecular flexibility index (Phi) is 2.65. The Morgan fingerprint density at radius 3 is 2.62 bits per heavy atom. The lowest BCUT2D eigenvalue weighted by Crippen LogP contribution is -2.28. The van der Waals surface area contributed by atoms with Crippen LogP contribution >= 0.6 is 0 Å². The van der Waals surface area contributed by atoms with Gasteiger partial charge in [-0.3, -0.25) is 0 Å². The van der Waals surface area contributed by atoms with Crippen molar-refractivity contribution in [3.8, 4) is 0 Å². The van der Waals surface area contributed by atoms with Crippen LogP contribution in [0.25, 0.3) is 0 Å². The van der Waals surface area contributed by atoms with Crippen LogP contribution in [0.15, 0.2) is 24.3 Å². The Hall–Kier alpha value is -0.820. The molecule has 0 amide bonds. The molecule has 1 fully saturated rings. The lowest BCUT2D eigenvalue weighted by Gasteiger charge is -2.23. The Bertz CT molecular complexity index is 257. The number of hydrogen-bond donors (Lipinski definition) is 1. The fourth-order valence-corrected chi connectivity index (χ4v) is 1.97. The highest BCUT2D eigenvalue weighted by Gasteiger charge is 2.13. The summed E-state index contributed by atoms with van der Waals surface area (Å²) in [5, 5.41) is 3.45. The van der Waals surface area contributed by atoms with Crippen LogP contribution in [-0.2, 0) is 0 Å². The third-order valence-electron chi connectivity index (χ3n) is 2.85. The minimum Gasteiger partial charge on any atom is -0.316 e. The van der Waals surface area contributed by atoms with Crippen molar-refractivity contribution >= 4 is 0 Å². The van der Waals surface area contributed by atoms with E-state index in [9.17, 15) is 0 Å². The topological polar surface area (TPSA) is 12.0 Å². The summed E-state index contributed by atoms with van der Waals surface area (Å²) in [7, 11) is 0. The lowest BCUT2D eigenvalue weighted by molar-refractivity contribution is 0.461. The van der Waals surface area contributed by atoms with Crippen molar-refractivity contribution in [2.75, 3.05) is 13.1 Å². The first-order valence-electron chi connectivity index (χ1n) is 5.13. The monoisotopic (exact) mass is 175 g/mol. The summed E-state index contributed by atoms with van der Waals surface area (Å²) >= 11 is 0. The predicted octanol–water partition coefficient (Wildman–Crippen LogP) is 2.46. The zero-order valence-electron chi connectivity index (χ0n) is 8.22. The Morgan fingerprint density at radius 1 is 1.23 bits per heavy atom. The van der Waals surface area contributed by atoms with E-state index in [-0.39, 0.29) is 0 Å². The maximum absolute atomic E-state index is 3.45. The quantitative estimate of drug-likeness (QED) is 0.691. The van der Waals surface area contributed by atoms with Gasteiger partial charge in [-0.1, -0.05) is 29.8 Å². The van der Waals surface area contributed by atoms with Crippen LogP contribution in [0.1, 0.15) is 29.9 Å². The molecular formula is C12H17N. The molecule has 1 aromatic carbocycles. The van der Waals surface area contributed by atoms with E-state index in [0.29, 0.717) is 0 Å². The summed E-state index contributed by atoms with van der Waals surface area (Å²) in [6.45, 7) is 4.49. The second-order valence-corrected chi connectivity index (χ2v) is 3.95. The van der Waals surface area contributed by atoms with Gasteiger partial charge in [0, 0.05) is 6.54 Å². The first kappa shape index (κ1) is 8.76. The molecule has 1 saturated heterocycles. The molecule has 1 aromatic rings. The van der Waals surface area contributed by atoms with E-state index < -0.39 is 0 Å². The molecular weight excluding hydrogens is 158 g/mol. The molecule has 1 atom stereocenters. The van der Waals surface area contributed by atoms with Gasteiger partial charge in [0.25, 0.3) is 0 Å². The Morgan fingerprint density at radius 2 is 2.00 bits per heavy atom.